The lowest BCUT2D eigenvalue weighted by Crippen LogP contribution is -2.05. The zero-order chi connectivity index (χ0) is 20.0. The molecule has 0 radical (unpaired) electrons. The van der Waals surface area contributed by atoms with Crippen LogP contribution < -0.4 is 11.5 Å². The molecule has 2 aromatic carbocycles. The third-order valence-corrected chi connectivity index (χ3v) is 6.03. The Labute approximate surface area is 200 Å². The van der Waals surface area contributed by atoms with Crippen LogP contribution in [0.15, 0.2) is 46.2 Å². The fourth-order valence-corrected chi connectivity index (χ4v) is 4.40. The number of halogens is 3. The number of thioether (sulfide) groups is 2. The summed E-state index contributed by atoms with van der Waals surface area (Å²) in [5, 5.41) is 25.6. The molecular weight excluding hydrogens is 569 g/mol. The lowest BCUT2D eigenvalue weighted by Gasteiger charge is -2.12. The van der Waals surface area contributed by atoms with Gasteiger partial charge in [0.25, 0.3) is 5.69 Å². The van der Waals surface area contributed by atoms with Gasteiger partial charge in [0, 0.05) is 33.4 Å². The molecule has 2 aromatic rings. The second kappa shape index (κ2) is 13.1. The molecule has 158 valence electrons. The number of nitrogens with zero attached hydrogens (tertiary/aromatic N) is 1. The fraction of sp³-hybridized carbons (Fsp3) is 0.125. The average Bonchev–Trinajstić information content (AvgIpc) is 2.60. The van der Waals surface area contributed by atoms with Gasteiger partial charge in [0.1, 0.15) is 5.82 Å². The van der Waals surface area contributed by atoms with Gasteiger partial charge in [-0.3, -0.25) is 20.9 Å². The molecule has 0 saturated carbocycles. The standard InChI is InChI=1S/C16H16FN5O2S3.2BrH/c17-11-1-3-13(9(5-11)7-25-15(18)19)27-14-4-2-12(22(23)24)6-10(14)8-26-16(20)21;;/h1-6H,7-8H2,(H3,18,19)(H3,20,21);2*1H. The van der Waals surface area contributed by atoms with Gasteiger partial charge in [0.15, 0.2) is 10.3 Å². The Kier molecular flexibility index (Phi) is 12.5. The Morgan fingerprint density at radius 1 is 0.966 bits per heavy atom. The largest absolute Gasteiger partial charge is 0.379 e. The molecule has 0 atom stereocenters. The first-order valence-electron chi connectivity index (χ1n) is 7.43. The van der Waals surface area contributed by atoms with Crippen LogP contribution in [-0.4, -0.2) is 15.3 Å². The number of nitrogens with one attached hydrogen (secondary N) is 2. The van der Waals surface area contributed by atoms with Crippen LogP contribution >= 0.6 is 69.2 Å². The molecule has 0 heterocycles. The van der Waals surface area contributed by atoms with Gasteiger partial charge in [-0.2, -0.15) is 0 Å². The van der Waals surface area contributed by atoms with E-state index in [-0.39, 0.29) is 50.0 Å². The van der Waals surface area contributed by atoms with Crippen molar-refractivity contribution in [2.45, 2.75) is 21.3 Å². The Hall–Kier alpha value is -1.28. The molecule has 0 aliphatic heterocycles. The first-order valence-corrected chi connectivity index (χ1v) is 10.2. The van der Waals surface area contributed by atoms with Crippen molar-refractivity contribution in [1.82, 2.24) is 0 Å². The predicted octanol–water partition coefficient (Wildman–Crippen LogP) is 5.29. The lowest BCUT2D eigenvalue weighted by atomic mass is 10.2. The second-order valence-corrected chi connectivity index (χ2v) is 8.33. The zero-order valence-electron chi connectivity index (χ0n) is 14.7. The highest BCUT2D eigenvalue weighted by atomic mass is 79.9. The van der Waals surface area contributed by atoms with Crippen molar-refractivity contribution in [3.8, 4) is 0 Å². The summed E-state index contributed by atoms with van der Waals surface area (Å²) in [7, 11) is 0. The van der Waals surface area contributed by atoms with Crippen molar-refractivity contribution in [3.05, 3.63) is 63.5 Å². The predicted molar refractivity (Wildman–Crippen MR) is 131 cm³/mol. The number of nitro groups is 1. The van der Waals surface area contributed by atoms with E-state index in [1.54, 1.807) is 12.1 Å². The van der Waals surface area contributed by atoms with Crippen molar-refractivity contribution in [2.24, 2.45) is 11.5 Å². The Bertz CT molecular complexity index is 905. The molecule has 0 aliphatic carbocycles. The highest BCUT2D eigenvalue weighted by Gasteiger charge is 2.15. The number of hydrogen-bond donors (Lipinski definition) is 4. The monoisotopic (exact) mass is 585 g/mol. The molecular formula is C16H18Br2FN5O2S3. The molecule has 13 heteroatoms. The number of non-ortho nitro benzene ring substituents is 1. The molecule has 29 heavy (non-hydrogen) atoms. The molecule has 0 amide bonds. The van der Waals surface area contributed by atoms with Crippen LogP contribution in [0.2, 0.25) is 0 Å². The Balaban J connectivity index is 0.00000392. The van der Waals surface area contributed by atoms with Gasteiger partial charge in [-0.25, -0.2) is 4.39 Å². The zero-order valence-corrected chi connectivity index (χ0v) is 20.6. The highest BCUT2D eigenvalue weighted by Crippen LogP contribution is 2.37. The van der Waals surface area contributed by atoms with E-state index in [1.807, 2.05) is 0 Å². The van der Waals surface area contributed by atoms with Gasteiger partial charge >= 0.3 is 0 Å². The van der Waals surface area contributed by atoms with E-state index in [1.165, 1.54) is 36.0 Å². The van der Waals surface area contributed by atoms with Crippen molar-refractivity contribution >= 4 is 85.3 Å². The van der Waals surface area contributed by atoms with E-state index in [2.05, 4.69) is 0 Å². The van der Waals surface area contributed by atoms with Gasteiger partial charge in [-0.05, 0) is 35.4 Å². The summed E-state index contributed by atoms with van der Waals surface area (Å²) in [4.78, 5) is 12.1. The minimum atomic E-state index is -0.483. The van der Waals surface area contributed by atoms with Crippen LogP contribution in [0.1, 0.15) is 11.1 Å². The van der Waals surface area contributed by atoms with Crippen LogP contribution in [0.3, 0.4) is 0 Å². The third-order valence-electron chi connectivity index (χ3n) is 3.26. The minimum Gasteiger partial charge on any atom is -0.379 e. The van der Waals surface area contributed by atoms with E-state index in [9.17, 15) is 14.5 Å². The summed E-state index contributed by atoms with van der Waals surface area (Å²) >= 11 is 3.49. The van der Waals surface area contributed by atoms with E-state index < -0.39 is 10.7 Å². The number of nitrogens with two attached hydrogens (primary N) is 2. The molecule has 7 nitrogen and oxygen atoms in total. The van der Waals surface area contributed by atoms with Gasteiger partial charge in [-0.1, -0.05) is 35.3 Å². The van der Waals surface area contributed by atoms with E-state index in [4.69, 9.17) is 22.3 Å². The topological polar surface area (TPSA) is 143 Å². The first-order chi connectivity index (χ1) is 12.8. The van der Waals surface area contributed by atoms with Gasteiger partial charge in [0.05, 0.1) is 4.92 Å². The maximum atomic E-state index is 13.6. The van der Waals surface area contributed by atoms with E-state index >= 15 is 0 Å². The molecule has 0 saturated heterocycles. The molecule has 0 spiro atoms. The second-order valence-electron chi connectivity index (χ2n) is 5.21. The maximum absolute atomic E-state index is 13.6. The quantitative estimate of drug-likeness (QED) is 0.149. The smallest absolute Gasteiger partial charge is 0.269 e. The van der Waals surface area contributed by atoms with Crippen molar-refractivity contribution < 1.29 is 9.31 Å². The van der Waals surface area contributed by atoms with Crippen molar-refractivity contribution in [1.29, 1.82) is 10.8 Å². The first kappa shape index (κ1) is 27.7. The SMILES string of the molecule is Br.Br.N=C(N)SCc1cc(F)ccc1Sc1ccc([N+](=O)[O-])cc1CSC(=N)N. The molecule has 6 N–H and O–H groups in total. The summed E-state index contributed by atoms with van der Waals surface area (Å²) in [5.74, 6) is 0.243. The van der Waals surface area contributed by atoms with E-state index in [0.717, 1.165) is 33.3 Å². The number of benzene rings is 2. The molecule has 0 bridgehead atoms. The average molecular weight is 587 g/mol. The minimum absolute atomic E-state index is 0. The van der Waals surface area contributed by atoms with Crippen LogP contribution in [0.5, 0.6) is 0 Å². The normalized spacial score (nSPS) is 9.83. The molecule has 0 unspecified atom stereocenters. The summed E-state index contributed by atoms with van der Waals surface area (Å²) in [5.41, 5.74) is 12.0. The number of hydrogen-bond acceptors (Lipinski definition) is 7. The number of nitro benzene ring substituents is 1. The number of rotatable bonds is 7. The maximum Gasteiger partial charge on any atom is 0.269 e. The van der Waals surface area contributed by atoms with Crippen LogP contribution in [0, 0.1) is 26.8 Å². The van der Waals surface area contributed by atoms with Gasteiger partial charge in [0.2, 0.25) is 0 Å². The third kappa shape index (κ3) is 8.95. The highest BCUT2D eigenvalue weighted by molar-refractivity contribution is 8.93. The molecule has 0 fully saturated rings. The summed E-state index contributed by atoms with van der Waals surface area (Å²) in [6, 6.07) is 8.82. The van der Waals surface area contributed by atoms with Crippen molar-refractivity contribution in [3.63, 3.8) is 0 Å². The van der Waals surface area contributed by atoms with Gasteiger partial charge in [-0.15, -0.1) is 34.0 Å². The van der Waals surface area contributed by atoms with E-state index in [0.29, 0.717) is 22.6 Å². The lowest BCUT2D eigenvalue weighted by molar-refractivity contribution is -0.385. The molecule has 2 rings (SSSR count). The summed E-state index contributed by atoms with van der Waals surface area (Å²) in [6.45, 7) is 0. The summed E-state index contributed by atoms with van der Waals surface area (Å²) < 4.78 is 13.6. The van der Waals surface area contributed by atoms with Crippen LogP contribution in [0.4, 0.5) is 10.1 Å². The van der Waals surface area contributed by atoms with Gasteiger partial charge < -0.3 is 11.5 Å². The molecule has 0 aliphatic rings. The number of amidine groups is 2. The molecule has 0 aromatic heterocycles. The van der Waals surface area contributed by atoms with Crippen LogP contribution in [-0.2, 0) is 11.5 Å². The fourth-order valence-electron chi connectivity index (χ4n) is 2.08. The Morgan fingerprint density at radius 2 is 1.45 bits per heavy atom. The van der Waals surface area contributed by atoms with Crippen LogP contribution in [0.25, 0.3) is 0 Å². The van der Waals surface area contributed by atoms with Crippen molar-refractivity contribution in [2.75, 3.05) is 0 Å². The summed E-state index contributed by atoms with van der Waals surface area (Å²) in [6.07, 6.45) is 0. The Morgan fingerprint density at radius 3 is 1.93 bits per heavy atom.